The SMILES string of the molecule is COc1ccc(/C=C\C(=O)NCc2ccc3[nH]c4c(c3c2)CCCC4)cc1OC. The number of H-pyrrole nitrogens is 1. The van der Waals surface area contributed by atoms with Crippen molar-refractivity contribution in [3.63, 3.8) is 0 Å². The Morgan fingerprint density at radius 3 is 2.72 bits per heavy atom. The van der Waals surface area contributed by atoms with Crippen LogP contribution in [0.15, 0.2) is 42.5 Å². The third-order valence-corrected chi connectivity index (χ3v) is 5.46. The summed E-state index contributed by atoms with van der Waals surface area (Å²) in [5, 5.41) is 4.26. The van der Waals surface area contributed by atoms with Crippen molar-refractivity contribution < 1.29 is 14.3 Å². The number of nitrogens with one attached hydrogen (secondary N) is 2. The zero-order chi connectivity index (χ0) is 20.2. The van der Waals surface area contributed by atoms with Gasteiger partial charge in [0.05, 0.1) is 14.2 Å². The smallest absolute Gasteiger partial charge is 0.244 e. The average molecular weight is 390 g/mol. The minimum Gasteiger partial charge on any atom is -0.493 e. The molecular weight excluding hydrogens is 364 g/mol. The Balaban J connectivity index is 1.41. The Labute approximate surface area is 170 Å². The highest BCUT2D eigenvalue weighted by Crippen LogP contribution is 2.30. The van der Waals surface area contributed by atoms with Crippen LogP contribution in [0.4, 0.5) is 0 Å². The predicted octanol–water partition coefficient (Wildman–Crippen LogP) is 4.39. The van der Waals surface area contributed by atoms with Crippen LogP contribution in [0.5, 0.6) is 11.5 Å². The van der Waals surface area contributed by atoms with Crippen LogP contribution in [0.25, 0.3) is 17.0 Å². The molecule has 0 saturated carbocycles. The maximum absolute atomic E-state index is 12.3. The summed E-state index contributed by atoms with van der Waals surface area (Å²) in [5.41, 5.74) is 6.01. The number of hydrogen-bond donors (Lipinski definition) is 2. The van der Waals surface area contributed by atoms with Crippen molar-refractivity contribution in [3.05, 3.63) is 64.9 Å². The summed E-state index contributed by atoms with van der Waals surface area (Å²) in [5.74, 6) is 1.17. The summed E-state index contributed by atoms with van der Waals surface area (Å²) in [6.07, 6.45) is 8.09. The summed E-state index contributed by atoms with van der Waals surface area (Å²) >= 11 is 0. The molecule has 1 heterocycles. The molecule has 29 heavy (non-hydrogen) atoms. The number of methoxy groups -OCH3 is 2. The number of hydrogen-bond acceptors (Lipinski definition) is 3. The number of rotatable bonds is 6. The quantitative estimate of drug-likeness (QED) is 0.614. The molecule has 2 N–H and O–H groups in total. The van der Waals surface area contributed by atoms with Gasteiger partial charge in [-0.25, -0.2) is 0 Å². The molecule has 5 nitrogen and oxygen atoms in total. The van der Waals surface area contributed by atoms with E-state index in [1.165, 1.54) is 41.1 Å². The van der Waals surface area contributed by atoms with E-state index in [1.54, 1.807) is 20.3 Å². The molecular formula is C24H26N2O3. The van der Waals surface area contributed by atoms with Gasteiger partial charge in [-0.05, 0) is 72.7 Å². The number of benzene rings is 2. The first-order chi connectivity index (χ1) is 14.2. The van der Waals surface area contributed by atoms with Crippen molar-refractivity contribution in [2.45, 2.75) is 32.2 Å². The zero-order valence-electron chi connectivity index (χ0n) is 16.9. The fraction of sp³-hybridized carbons (Fsp3) is 0.292. The molecule has 1 amide bonds. The lowest BCUT2D eigenvalue weighted by Crippen LogP contribution is -2.20. The maximum Gasteiger partial charge on any atom is 0.244 e. The largest absolute Gasteiger partial charge is 0.493 e. The summed E-state index contributed by atoms with van der Waals surface area (Å²) in [6, 6.07) is 11.9. The number of aromatic amines is 1. The van der Waals surface area contributed by atoms with Gasteiger partial charge in [-0.3, -0.25) is 4.79 Å². The van der Waals surface area contributed by atoms with Gasteiger partial charge in [-0.1, -0.05) is 12.1 Å². The van der Waals surface area contributed by atoms with Crippen molar-refractivity contribution in [2.75, 3.05) is 14.2 Å². The first-order valence-corrected chi connectivity index (χ1v) is 9.98. The molecule has 4 rings (SSSR count). The van der Waals surface area contributed by atoms with Crippen LogP contribution in [-0.4, -0.2) is 25.1 Å². The van der Waals surface area contributed by atoms with Crippen molar-refractivity contribution in [1.82, 2.24) is 10.3 Å². The van der Waals surface area contributed by atoms with Gasteiger partial charge in [-0.2, -0.15) is 0 Å². The molecule has 0 atom stereocenters. The van der Waals surface area contributed by atoms with Gasteiger partial charge in [0.1, 0.15) is 0 Å². The average Bonchev–Trinajstić information content (AvgIpc) is 3.14. The Kier molecular flexibility index (Phi) is 5.56. The lowest BCUT2D eigenvalue weighted by atomic mass is 9.95. The van der Waals surface area contributed by atoms with E-state index in [1.807, 2.05) is 18.2 Å². The monoisotopic (exact) mass is 390 g/mol. The molecule has 0 spiro atoms. The molecule has 0 aliphatic heterocycles. The molecule has 2 aromatic carbocycles. The number of carbonyl (C=O) groups is 1. The summed E-state index contributed by atoms with van der Waals surface area (Å²) in [7, 11) is 3.19. The van der Waals surface area contributed by atoms with E-state index in [9.17, 15) is 4.79 Å². The number of aryl methyl sites for hydroxylation is 2. The first-order valence-electron chi connectivity index (χ1n) is 9.98. The van der Waals surface area contributed by atoms with Gasteiger partial charge in [0, 0.05) is 29.2 Å². The van der Waals surface area contributed by atoms with Crippen molar-refractivity contribution in [1.29, 1.82) is 0 Å². The van der Waals surface area contributed by atoms with Gasteiger partial charge < -0.3 is 19.8 Å². The van der Waals surface area contributed by atoms with Crippen LogP contribution < -0.4 is 14.8 Å². The van der Waals surface area contributed by atoms with Crippen LogP contribution in [0.1, 0.15) is 35.2 Å². The fourth-order valence-electron chi connectivity index (χ4n) is 3.94. The number of amides is 1. The standard InChI is InChI=1S/C24H26N2O3/c1-28-22-11-8-16(14-23(22)29-2)9-12-24(27)25-15-17-7-10-21-19(13-17)18-5-3-4-6-20(18)26-21/h7-14,26H,3-6,15H2,1-2H3,(H,25,27)/b12-9-. The van der Waals surface area contributed by atoms with Crippen LogP contribution in [-0.2, 0) is 24.2 Å². The molecule has 1 aliphatic carbocycles. The van der Waals surface area contributed by atoms with Crippen molar-refractivity contribution >= 4 is 22.9 Å². The minimum atomic E-state index is -0.129. The normalized spacial score (nSPS) is 13.4. The molecule has 0 fully saturated rings. The highest BCUT2D eigenvalue weighted by Gasteiger charge is 2.15. The number of carbonyl (C=O) groups excluding carboxylic acids is 1. The molecule has 1 aliphatic rings. The van der Waals surface area contributed by atoms with Crippen molar-refractivity contribution in [2.24, 2.45) is 0 Å². The first kappa shape index (κ1) is 19.1. The molecule has 0 saturated heterocycles. The topological polar surface area (TPSA) is 63.3 Å². The van der Waals surface area contributed by atoms with Crippen LogP contribution in [0.2, 0.25) is 0 Å². The van der Waals surface area contributed by atoms with E-state index >= 15 is 0 Å². The van der Waals surface area contributed by atoms with E-state index in [0.717, 1.165) is 24.0 Å². The number of fused-ring (bicyclic) bond motifs is 3. The Morgan fingerprint density at radius 2 is 1.90 bits per heavy atom. The Morgan fingerprint density at radius 1 is 1.07 bits per heavy atom. The second-order valence-electron chi connectivity index (χ2n) is 7.33. The lowest BCUT2D eigenvalue weighted by Gasteiger charge is -2.10. The van der Waals surface area contributed by atoms with Crippen LogP contribution in [0, 0.1) is 0 Å². The van der Waals surface area contributed by atoms with Gasteiger partial charge in [0.15, 0.2) is 11.5 Å². The highest BCUT2D eigenvalue weighted by molar-refractivity contribution is 5.92. The third-order valence-electron chi connectivity index (χ3n) is 5.46. The van der Waals surface area contributed by atoms with Gasteiger partial charge >= 0.3 is 0 Å². The van der Waals surface area contributed by atoms with Crippen LogP contribution in [0.3, 0.4) is 0 Å². The molecule has 5 heteroatoms. The summed E-state index contributed by atoms with van der Waals surface area (Å²) in [4.78, 5) is 15.8. The number of aromatic nitrogens is 1. The number of ether oxygens (including phenoxy) is 2. The molecule has 150 valence electrons. The van der Waals surface area contributed by atoms with E-state index < -0.39 is 0 Å². The molecule has 0 unspecified atom stereocenters. The maximum atomic E-state index is 12.3. The fourth-order valence-corrected chi connectivity index (χ4v) is 3.94. The minimum absolute atomic E-state index is 0.129. The van der Waals surface area contributed by atoms with Crippen molar-refractivity contribution in [3.8, 4) is 11.5 Å². The van der Waals surface area contributed by atoms with Crippen LogP contribution >= 0.6 is 0 Å². The highest BCUT2D eigenvalue weighted by atomic mass is 16.5. The molecule has 0 bridgehead atoms. The second kappa shape index (κ2) is 8.43. The van der Waals surface area contributed by atoms with E-state index in [0.29, 0.717) is 18.0 Å². The zero-order valence-corrected chi connectivity index (χ0v) is 16.9. The second-order valence-corrected chi connectivity index (χ2v) is 7.33. The lowest BCUT2D eigenvalue weighted by molar-refractivity contribution is -0.116. The predicted molar refractivity (Wildman–Crippen MR) is 115 cm³/mol. The van der Waals surface area contributed by atoms with E-state index in [-0.39, 0.29) is 5.91 Å². The third kappa shape index (κ3) is 4.14. The summed E-state index contributed by atoms with van der Waals surface area (Å²) in [6.45, 7) is 0.505. The molecule has 3 aromatic rings. The van der Waals surface area contributed by atoms with Gasteiger partial charge in [0.25, 0.3) is 0 Å². The Hall–Kier alpha value is -3.21. The molecule has 1 aromatic heterocycles. The van der Waals surface area contributed by atoms with Gasteiger partial charge in [-0.15, -0.1) is 0 Å². The van der Waals surface area contributed by atoms with E-state index in [4.69, 9.17) is 9.47 Å². The Bertz CT molecular complexity index is 1070. The summed E-state index contributed by atoms with van der Waals surface area (Å²) < 4.78 is 10.5. The molecule has 0 radical (unpaired) electrons. The van der Waals surface area contributed by atoms with E-state index in [2.05, 4.69) is 28.5 Å². The van der Waals surface area contributed by atoms with Gasteiger partial charge in [0.2, 0.25) is 5.91 Å².